The van der Waals surface area contributed by atoms with Gasteiger partial charge in [-0.05, 0) is 12.8 Å². The topological polar surface area (TPSA) is 46.0 Å². The lowest BCUT2D eigenvalue weighted by molar-refractivity contribution is 0.143. The number of hydrogen-bond donors (Lipinski definition) is 1. The first kappa shape index (κ1) is 15.3. The summed E-state index contributed by atoms with van der Waals surface area (Å²) in [4.78, 5) is 12.0. The van der Waals surface area contributed by atoms with Gasteiger partial charge in [0.2, 0.25) is 0 Å². The summed E-state index contributed by atoms with van der Waals surface area (Å²) >= 11 is 1.86. The highest BCUT2D eigenvalue weighted by molar-refractivity contribution is 7.09. The van der Waals surface area contributed by atoms with E-state index in [1.54, 1.807) is 0 Å². The van der Waals surface area contributed by atoms with Crippen LogP contribution in [0.25, 0.3) is 0 Å². The molecule has 2 aromatic rings. The molecule has 0 aromatic carbocycles. The SMILES string of the molecule is Cn1ccnc1C1CNCCN1Cc1csc(C2CCCC2)n1. The van der Waals surface area contributed by atoms with Crippen LogP contribution in [0.2, 0.25) is 0 Å². The monoisotopic (exact) mass is 331 g/mol. The van der Waals surface area contributed by atoms with Crippen LogP contribution in [0.15, 0.2) is 17.8 Å². The summed E-state index contributed by atoms with van der Waals surface area (Å²) in [5, 5.41) is 7.13. The van der Waals surface area contributed by atoms with Crippen LogP contribution >= 0.6 is 11.3 Å². The van der Waals surface area contributed by atoms with Crippen LogP contribution in [-0.2, 0) is 13.6 Å². The van der Waals surface area contributed by atoms with Gasteiger partial charge >= 0.3 is 0 Å². The Morgan fingerprint density at radius 3 is 3.00 bits per heavy atom. The fourth-order valence-corrected chi connectivity index (χ4v) is 4.83. The zero-order valence-electron chi connectivity index (χ0n) is 13.7. The van der Waals surface area contributed by atoms with E-state index in [4.69, 9.17) is 4.98 Å². The van der Waals surface area contributed by atoms with Gasteiger partial charge in [0.05, 0.1) is 16.7 Å². The molecule has 1 unspecified atom stereocenters. The van der Waals surface area contributed by atoms with Crippen molar-refractivity contribution in [2.45, 2.75) is 44.2 Å². The van der Waals surface area contributed by atoms with E-state index in [1.165, 1.54) is 36.4 Å². The van der Waals surface area contributed by atoms with Gasteiger partial charge in [-0.15, -0.1) is 11.3 Å². The zero-order chi connectivity index (χ0) is 15.6. The van der Waals surface area contributed by atoms with E-state index >= 15 is 0 Å². The molecule has 1 N–H and O–H groups in total. The number of aryl methyl sites for hydroxylation is 1. The van der Waals surface area contributed by atoms with Crippen LogP contribution in [-0.4, -0.2) is 39.1 Å². The molecule has 1 saturated heterocycles. The average Bonchev–Trinajstić information content (AvgIpc) is 3.29. The van der Waals surface area contributed by atoms with Crippen molar-refractivity contribution in [3.8, 4) is 0 Å². The zero-order valence-corrected chi connectivity index (χ0v) is 14.6. The van der Waals surface area contributed by atoms with Crippen LogP contribution in [0.3, 0.4) is 0 Å². The predicted molar refractivity (Wildman–Crippen MR) is 92.6 cm³/mol. The van der Waals surface area contributed by atoms with Gasteiger partial charge in [-0.2, -0.15) is 0 Å². The molecule has 0 bridgehead atoms. The third-order valence-electron chi connectivity index (χ3n) is 5.15. The number of aromatic nitrogens is 3. The van der Waals surface area contributed by atoms with E-state index < -0.39 is 0 Å². The van der Waals surface area contributed by atoms with Crippen LogP contribution < -0.4 is 5.32 Å². The molecule has 1 saturated carbocycles. The molecule has 2 aliphatic rings. The fourth-order valence-electron chi connectivity index (χ4n) is 3.85. The molecule has 1 aliphatic carbocycles. The highest BCUT2D eigenvalue weighted by Gasteiger charge is 2.28. The van der Waals surface area contributed by atoms with Crippen LogP contribution in [0.1, 0.15) is 54.2 Å². The van der Waals surface area contributed by atoms with Crippen molar-refractivity contribution in [1.82, 2.24) is 24.8 Å². The fraction of sp³-hybridized carbons (Fsp3) is 0.647. The third-order valence-corrected chi connectivity index (χ3v) is 6.21. The summed E-state index contributed by atoms with van der Waals surface area (Å²) in [7, 11) is 2.08. The van der Waals surface area contributed by atoms with E-state index in [-0.39, 0.29) is 0 Å². The molecule has 0 amide bonds. The lowest BCUT2D eigenvalue weighted by Gasteiger charge is -2.35. The molecule has 0 spiro atoms. The molecule has 3 heterocycles. The maximum atomic E-state index is 4.95. The minimum atomic E-state index is 0.334. The van der Waals surface area contributed by atoms with Crippen molar-refractivity contribution in [3.05, 3.63) is 34.3 Å². The molecule has 4 rings (SSSR count). The maximum Gasteiger partial charge on any atom is 0.127 e. The van der Waals surface area contributed by atoms with Crippen molar-refractivity contribution in [2.24, 2.45) is 7.05 Å². The third kappa shape index (κ3) is 3.20. The van der Waals surface area contributed by atoms with Crippen LogP contribution in [0.4, 0.5) is 0 Å². The van der Waals surface area contributed by atoms with Gasteiger partial charge in [0.25, 0.3) is 0 Å². The van der Waals surface area contributed by atoms with E-state index in [0.29, 0.717) is 6.04 Å². The molecular weight excluding hydrogens is 306 g/mol. The van der Waals surface area contributed by atoms with Gasteiger partial charge in [-0.25, -0.2) is 9.97 Å². The van der Waals surface area contributed by atoms with Crippen molar-refractivity contribution in [3.63, 3.8) is 0 Å². The standard InChI is InChI=1S/C17H25N5S/c1-21-8-7-19-16(21)15-10-18-6-9-22(15)11-14-12-23-17(20-14)13-4-2-3-5-13/h7-8,12-13,15,18H,2-6,9-11H2,1H3. The number of imidazole rings is 1. The Morgan fingerprint density at radius 1 is 1.35 bits per heavy atom. The van der Waals surface area contributed by atoms with Gasteiger partial charge in [0.1, 0.15) is 5.82 Å². The Balaban J connectivity index is 1.49. The minimum absolute atomic E-state index is 0.334. The quantitative estimate of drug-likeness (QED) is 0.936. The molecule has 5 nitrogen and oxygen atoms in total. The van der Waals surface area contributed by atoms with Gasteiger partial charge in [0, 0.05) is 56.9 Å². The number of rotatable bonds is 4. The average molecular weight is 331 g/mol. The number of thiazole rings is 1. The first-order valence-corrected chi connectivity index (χ1v) is 9.55. The van der Waals surface area contributed by atoms with Crippen molar-refractivity contribution < 1.29 is 0 Å². The molecule has 6 heteroatoms. The summed E-state index contributed by atoms with van der Waals surface area (Å²) in [6, 6.07) is 0.334. The molecule has 2 aromatic heterocycles. The minimum Gasteiger partial charge on any atom is -0.337 e. The Labute approximate surface area is 141 Å². The largest absolute Gasteiger partial charge is 0.337 e. The first-order chi connectivity index (χ1) is 11.3. The van der Waals surface area contributed by atoms with Crippen molar-refractivity contribution in [2.75, 3.05) is 19.6 Å². The molecule has 1 atom stereocenters. The normalized spacial score (nSPS) is 23.6. The van der Waals surface area contributed by atoms with Gasteiger partial charge in [0.15, 0.2) is 0 Å². The Hall–Kier alpha value is -1.24. The van der Waals surface area contributed by atoms with E-state index in [2.05, 4.69) is 32.2 Å². The maximum absolute atomic E-state index is 4.95. The molecule has 124 valence electrons. The number of nitrogens with one attached hydrogen (secondary N) is 1. The van der Waals surface area contributed by atoms with Crippen LogP contribution in [0.5, 0.6) is 0 Å². The summed E-state index contributed by atoms with van der Waals surface area (Å²) in [6.07, 6.45) is 9.33. The van der Waals surface area contributed by atoms with E-state index in [0.717, 1.165) is 37.9 Å². The Morgan fingerprint density at radius 2 is 2.22 bits per heavy atom. The van der Waals surface area contributed by atoms with Gasteiger partial charge < -0.3 is 9.88 Å². The van der Waals surface area contributed by atoms with E-state index in [1.807, 2.05) is 23.7 Å². The molecule has 2 fully saturated rings. The summed E-state index contributed by atoms with van der Waals surface area (Å²) in [5.74, 6) is 1.87. The van der Waals surface area contributed by atoms with Crippen molar-refractivity contribution in [1.29, 1.82) is 0 Å². The highest BCUT2D eigenvalue weighted by atomic mass is 32.1. The second-order valence-corrected chi connectivity index (χ2v) is 7.63. The smallest absolute Gasteiger partial charge is 0.127 e. The summed E-state index contributed by atoms with van der Waals surface area (Å²) in [6.45, 7) is 3.99. The Bertz CT molecular complexity index is 643. The molecular formula is C17H25N5S. The predicted octanol–water partition coefficient (Wildman–Crippen LogP) is 2.68. The lowest BCUT2D eigenvalue weighted by Crippen LogP contribution is -2.46. The highest BCUT2D eigenvalue weighted by Crippen LogP contribution is 2.36. The molecule has 1 aliphatic heterocycles. The summed E-state index contributed by atoms with van der Waals surface area (Å²) < 4.78 is 2.13. The second-order valence-electron chi connectivity index (χ2n) is 6.75. The summed E-state index contributed by atoms with van der Waals surface area (Å²) in [5.41, 5.74) is 1.23. The van der Waals surface area contributed by atoms with Crippen molar-refractivity contribution >= 4 is 11.3 Å². The van der Waals surface area contributed by atoms with Gasteiger partial charge in [-0.3, -0.25) is 4.90 Å². The van der Waals surface area contributed by atoms with E-state index in [9.17, 15) is 0 Å². The molecule has 23 heavy (non-hydrogen) atoms. The van der Waals surface area contributed by atoms with Gasteiger partial charge in [-0.1, -0.05) is 12.8 Å². The van der Waals surface area contributed by atoms with Crippen LogP contribution in [0, 0.1) is 0 Å². The molecule has 0 radical (unpaired) electrons. The number of hydrogen-bond acceptors (Lipinski definition) is 5. The number of nitrogens with zero attached hydrogens (tertiary/aromatic N) is 4. The second kappa shape index (κ2) is 6.71. The Kier molecular flexibility index (Phi) is 4.46. The first-order valence-electron chi connectivity index (χ1n) is 8.67. The lowest BCUT2D eigenvalue weighted by atomic mass is 10.1. The number of piperazine rings is 1.